The summed E-state index contributed by atoms with van der Waals surface area (Å²) in [4.78, 5) is 10.7. The highest BCUT2D eigenvalue weighted by Crippen LogP contribution is 2.26. The van der Waals surface area contributed by atoms with Gasteiger partial charge >= 0.3 is 0 Å². The van der Waals surface area contributed by atoms with Gasteiger partial charge in [-0.25, -0.2) is 0 Å². The second-order valence-electron chi connectivity index (χ2n) is 4.60. The van der Waals surface area contributed by atoms with Gasteiger partial charge in [-0.1, -0.05) is 30.3 Å². The molecule has 0 spiro atoms. The highest BCUT2D eigenvalue weighted by Gasteiger charge is 2.13. The fraction of sp³-hybridized carbons (Fsp3) is 0.200. The lowest BCUT2D eigenvalue weighted by Gasteiger charge is -2.10. The predicted molar refractivity (Wildman–Crippen MR) is 79.5 cm³/mol. The lowest BCUT2D eigenvalue weighted by molar-refractivity contribution is -0.384. The van der Waals surface area contributed by atoms with Crippen LogP contribution in [0.1, 0.15) is 16.7 Å². The second-order valence-corrected chi connectivity index (χ2v) is 4.60. The van der Waals surface area contributed by atoms with Crippen molar-refractivity contribution in [1.82, 2.24) is 0 Å². The van der Waals surface area contributed by atoms with E-state index < -0.39 is 0 Å². The molecular weight excluding hydrogens is 254 g/mol. The number of nitrogens with one attached hydrogen (secondary N) is 1. The first-order chi connectivity index (χ1) is 9.61. The molecule has 5 nitrogen and oxygen atoms in total. The van der Waals surface area contributed by atoms with Crippen molar-refractivity contribution in [1.29, 1.82) is 0 Å². The minimum absolute atomic E-state index is 0.0928. The lowest BCUT2D eigenvalue weighted by Crippen LogP contribution is -2.07. The molecule has 0 aromatic heterocycles. The molecule has 5 heteroatoms. The maximum atomic E-state index is 11.1. The van der Waals surface area contributed by atoms with Crippen molar-refractivity contribution in [3.63, 3.8) is 0 Å². The normalized spacial score (nSPS) is 10.3. The molecule has 0 aliphatic carbocycles. The molecule has 20 heavy (non-hydrogen) atoms. The van der Waals surface area contributed by atoms with Crippen molar-refractivity contribution in [2.24, 2.45) is 5.73 Å². The number of hydrogen-bond donors (Lipinski definition) is 2. The van der Waals surface area contributed by atoms with Crippen molar-refractivity contribution in [2.45, 2.75) is 20.0 Å². The first-order valence-electron chi connectivity index (χ1n) is 6.37. The van der Waals surface area contributed by atoms with Gasteiger partial charge in [-0.3, -0.25) is 10.1 Å². The minimum Gasteiger partial charge on any atom is -0.375 e. The molecule has 0 bridgehead atoms. The molecule has 2 aromatic carbocycles. The molecule has 0 aliphatic rings. The quantitative estimate of drug-likeness (QED) is 0.647. The number of nitro groups is 1. The molecular formula is C15H17N3O2. The van der Waals surface area contributed by atoms with Crippen LogP contribution in [0.15, 0.2) is 42.5 Å². The standard InChI is InChI=1S/C15H17N3O2/c1-11-6-7-14(15(8-11)18(19)20)17-10-13-5-3-2-4-12(13)9-16/h2-8,17H,9-10,16H2,1H3. The Hall–Kier alpha value is -2.40. The Kier molecular flexibility index (Phi) is 4.32. The van der Waals surface area contributed by atoms with Gasteiger partial charge in [0.1, 0.15) is 5.69 Å². The monoisotopic (exact) mass is 271 g/mol. The highest BCUT2D eigenvalue weighted by atomic mass is 16.6. The SMILES string of the molecule is Cc1ccc(NCc2ccccc2CN)c([N+](=O)[O-])c1. The minimum atomic E-state index is -0.371. The molecule has 0 saturated heterocycles. The van der Waals surface area contributed by atoms with Crippen LogP contribution in [-0.2, 0) is 13.1 Å². The number of nitro benzene ring substituents is 1. The van der Waals surface area contributed by atoms with Gasteiger partial charge in [0.05, 0.1) is 4.92 Å². The van der Waals surface area contributed by atoms with Crippen LogP contribution in [0.2, 0.25) is 0 Å². The third-order valence-corrected chi connectivity index (χ3v) is 3.16. The topological polar surface area (TPSA) is 81.2 Å². The summed E-state index contributed by atoms with van der Waals surface area (Å²) in [6.07, 6.45) is 0. The van der Waals surface area contributed by atoms with Gasteiger partial charge < -0.3 is 11.1 Å². The molecule has 104 valence electrons. The first kappa shape index (κ1) is 14.0. The van der Waals surface area contributed by atoms with Crippen molar-refractivity contribution < 1.29 is 4.92 Å². The van der Waals surface area contributed by atoms with Crippen LogP contribution in [0.25, 0.3) is 0 Å². The van der Waals surface area contributed by atoms with E-state index in [1.54, 1.807) is 12.1 Å². The van der Waals surface area contributed by atoms with E-state index in [9.17, 15) is 10.1 Å². The number of hydrogen-bond acceptors (Lipinski definition) is 4. The molecule has 0 aliphatic heterocycles. The Balaban J connectivity index is 2.21. The van der Waals surface area contributed by atoms with E-state index in [2.05, 4.69) is 5.32 Å². The fourth-order valence-electron chi connectivity index (χ4n) is 2.06. The Morgan fingerprint density at radius 1 is 1.20 bits per heavy atom. The fourth-order valence-corrected chi connectivity index (χ4v) is 2.06. The Labute approximate surface area is 117 Å². The van der Waals surface area contributed by atoms with Gasteiger partial charge in [0.25, 0.3) is 5.69 Å². The van der Waals surface area contributed by atoms with Crippen molar-refractivity contribution in [3.8, 4) is 0 Å². The Morgan fingerprint density at radius 3 is 2.55 bits per heavy atom. The zero-order valence-corrected chi connectivity index (χ0v) is 11.3. The van der Waals surface area contributed by atoms with Crippen LogP contribution in [0.4, 0.5) is 11.4 Å². The molecule has 0 saturated carbocycles. The van der Waals surface area contributed by atoms with Crippen LogP contribution in [0.3, 0.4) is 0 Å². The average Bonchev–Trinajstić information content (AvgIpc) is 2.46. The molecule has 0 radical (unpaired) electrons. The van der Waals surface area contributed by atoms with E-state index in [1.165, 1.54) is 0 Å². The smallest absolute Gasteiger partial charge is 0.292 e. The molecule has 2 aromatic rings. The van der Waals surface area contributed by atoms with Crippen molar-refractivity contribution in [3.05, 3.63) is 69.3 Å². The Bertz CT molecular complexity index is 626. The number of nitrogens with two attached hydrogens (primary N) is 1. The van der Waals surface area contributed by atoms with Crippen LogP contribution < -0.4 is 11.1 Å². The number of aryl methyl sites for hydroxylation is 1. The maximum Gasteiger partial charge on any atom is 0.292 e. The molecule has 0 amide bonds. The summed E-state index contributed by atoms with van der Waals surface area (Å²) >= 11 is 0. The maximum absolute atomic E-state index is 11.1. The first-order valence-corrected chi connectivity index (χ1v) is 6.37. The third kappa shape index (κ3) is 3.13. The van der Waals surface area contributed by atoms with Gasteiger partial charge in [0.2, 0.25) is 0 Å². The van der Waals surface area contributed by atoms with E-state index in [1.807, 2.05) is 37.3 Å². The van der Waals surface area contributed by atoms with Crippen LogP contribution in [0, 0.1) is 17.0 Å². The number of nitrogens with zero attached hydrogens (tertiary/aromatic N) is 1. The molecule has 0 heterocycles. The third-order valence-electron chi connectivity index (χ3n) is 3.16. The number of benzene rings is 2. The Morgan fingerprint density at radius 2 is 1.90 bits per heavy atom. The van der Waals surface area contributed by atoms with Gasteiger partial charge in [0.15, 0.2) is 0 Å². The van der Waals surface area contributed by atoms with Crippen molar-refractivity contribution in [2.75, 3.05) is 5.32 Å². The van der Waals surface area contributed by atoms with E-state index >= 15 is 0 Å². The number of rotatable bonds is 5. The predicted octanol–water partition coefficient (Wildman–Crippen LogP) is 2.97. The molecule has 0 unspecified atom stereocenters. The van der Waals surface area contributed by atoms with E-state index in [0.29, 0.717) is 18.8 Å². The summed E-state index contributed by atoms with van der Waals surface area (Å²) in [5.74, 6) is 0. The van der Waals surface area contributed by atoms with Crippen LogP contribution in [0.5, 0.6) is 0 Å². The van der Waals surface area contributed by atoms with Crippen LogP contribution in [-0.4, -0.2) is 4.92 Å². The van der Waals surface area contributed by atoms with Crippen molar-refractivity contribution >= 4 is 11.4 Å². The summed E-state index contributed by atoms with van der Waals surface area (Å²) in [6.45, 7) is 2.80. The molecule has 2 rings (SSSR count). The number of anilines is 1. The summed E-state index contributed by atoms with van der Waals surface area (Å²) in [6, 6.07) is 12.9. The highest BCUT2D eigenvalue weighted by molar-refractivity contribution is 5.62. The average molecular weight is 271 g/mol. The molecule has 3 N–H and O–H groups in total. The summed E-state index contributed by atoms with van der Waals surface area (Å²) in [5.41, 5.74) is 9.24. The summed E-state index contributed by atoms with van der Waals surface area (Å²) < 4.78 is 0. The van der Waals surface area contributed by atoms with Gasteiger partial charge in [-0.05, 0) is 29.7 Å². The molecule has 0 fully saturated rings. The molecule has 0 atom stereocenters. The zero-order valence-electron chi connectivity index (χ0n) is 11.3. The van der Waals surface area contributed by atoms with Gasteiger partial charge in [0, 0.05) is 19.2 Å². The lowest BCUT2D eigenvalue weighted by atomic mass is 10.1. The van der Waals surface area contributed by atoms with Gasteiger partial charge in [-0.15, -0.1) is 0 Å². The second kappa shape index (κ2) is 6.16. The summed E-state index contributed by atoms with van der Waals surface area (Å²) in [7, 11) is 0. The van der Waals surface area contributed by atoms with E-state index in [-0.39, 0.29) is 10.6 Å². The van der Waals surface area contributed by atoms with E-state index in [0.717, 1.165) is 16.7 Å². The summed E-state index contributed by atoms with van der Waals surface area (Å²) in [5, 5.41) is 14.2. The van der Waals surface area contributed by atoms with Gasteiger partial charge in [-0.2, -0.15) is 0 Å². The van der Waals surface area contributed by atoms with E-state index in [4.69, 9.17) is 5.73 Å². The largest absolute Gasteiger partial charge is 0.375 e. The zero-order chi connectivity index (χ0) is 14.5. The van der Waals surface area contributed by atoms with Crippen LogP contribution >= 0.6 is 0 Å².